The summed E-state index contributed by atoms with van der Waals surface area (Å²) in [7, 11) is 0. The van der Waals surface area contributed by atoms with Gasteiger partial charge in [0.15, 0.2) is 0 Å². The molecule has 2 heterocycles. The Hall–Kier alpha value is -1.04. The zero-order valence-corrected chi connectivity index (χ0v) is 9.21. The van der Waals surface area contributed by atoms with Crippen LogP contribution in [0, 0.1) is 12.8 Å². The van der Waals surface area contributed by atoms with Crippen LogP contribution in [0.25, 0.3) is 0 Å². The van der Waals surface area contributed by atoms with Gasteiger partial charge in [0.1, 0.15) is 17.5 Å². The fourth-order valence-corrected chi connectivity index (χ4v) is 2.39. The summed E-state index contributed by atoms with van der Waals surface area (Å²) < 4.78 is 13.5. The molecule has 2 rings (SSSR count). The van der Waals surface area contributed by atoms with Gasteiger partial charge in [-0.05, 0) is 13.3 Å². The number of aromatic nitrogens is 2. The SMILES string of the molecule is Cc1nnc(N2CC[C@H](C=O)[C@H](F)C2)s1. The van der Waals surface area contributed by atoms with Crippen molar-refractivity contribution >= 4 is 22.8 Å². The number of hydrogen-bond donors (Lipinski definition) is 0. The number of alkyl halides is 1. The summed E-state index contributed by atoms with van der Waals surface area (Å²) in [5.41, 5.74) is 0. The van der Waals surface area contributed by atoms with Crippen LogP contribution in [0.4, 0.5) is 9.52 Å². The first kappa shape index (κ1) is 10.5. The van der Waals surface area contributed by atoms with Crippen molar-refractivity contribution in [2.24, 2.45) is 5.92 Å². The van der Waals surface area contributed by atoms with Crippen LogP contribution in [0.15, 0.2) is 0 Å². The van der Waals surface area contributed by atoms with Gasteiger partial charge in [0.05, 0.1) is 6.54 Å². The van der Waals surface area contributed by atoms with Gasteiger partial charge in [0.2, 0.25) is 5.13 Å². The van der Waals surface area contributed by atoms with E-state index in [-0.39, 0.29) is 6.54 Å². The molecule has 0 aromatic carbocycles. The topological polar surface area (TPSA) is 46.1 Å². The van der Waals surface area contributed by atoms with Crippen LogP contribution >= 0.6 is 11.3 Å². The van der Waals surface area contributed by atoms with Crippen LogP contribution in [-0.2, 0) is 4.79 Å². The Balaban J connectivity index is 2.05. The minimum absolute atomic E-state index is 0.248. The second-order valence-corrected chi connectivity index (χ2v) is 4.81. The van der Waals surface area contributed by atoms with E-state index in [1.807, 2.05) is 11.8 Å². The zero-order valence-electron chi connectivity index (χ0n) is 8.39. The molecule has 2 atom stereocenters. The number of halogens is 1. The summed E-state index contributed by atoms with van der Waals surface area (Å²) in [5.74, 6) is -0.449. The lowest BCUT2D eigenvalue weighted by Crippen LogP contribution is -2.42. The van der Waals surface area contributed by atoms with Crippen molar-refractivity contribution in [2.45, 2.75) is 19.5 Å². The van der Waals surface area contributed by atoms with Crippen LogP contribution in [0.2, 0.25) is 0 Å². The second kappa shape index (κ2) is 4.22. The van der Waals surface area contributed by atoms with Crippen molar-refractivity contribution in [3.05, 3.63) is 5.01 Å². The van der Waals surface area contributed by atoms with Crippen molar-refractivity contribution in [3.8, 4) is 0 Å². The molecule has 15 heavy (non-hydrogen) atoms. The number of piperidine rings is 1. The lowest BCUT2D eigenvalue weighted by Gasteiger charge is -2.31. The molecule has 82 valence electrons. The third-order valence-corrected chi connectivity index (χ3v) is 3.45. The molecule has 4 nitrogen and oxygen atoms in total. The summed E-state index contributed by atoms with van der Waals surface area (Å²) in [5, 5.41) is 9.48. The van der Waals surface area contributed by atoms with E-state index in [9.17, 15) is 9.18 Å². The molecule has 6 heteroatoms. The van der Waals surface area contributed by atoms with E-state index in [1.54, 1.807) is 0 Å². The monoisotopic (exact) mass is 229 g/mol. The third kappa shape index (κ3) is 2.14. The van der Waals surface area contributed by atoms with Gasteiger partial charge < -0.3 is 9.69 Å². The molecule has 1 fully saturated rings. The van der Waals surface area contributed by atoms with Crippen LogP contribution < -0.4 is 4.90 Å². The predicted molar refractivity (Wildman–Crippen MR) is 55.9 cm³/mol. The standard InChI is InChI=1S/C9H12FN3OS/c1-6-11-12-9(15-6)13-3-2-7(5-14)8(10)4-13/h5,7-8H,2-4H2,1H3/t7-,8-/m1/s1. The molecule has 0 aliphatic carbocycles. The zero-order chi connectivity index (χ0) is 10.8. The van der Waals surface area contributed by atoms with E-state index in [1.165, 1.54) is 11.3 Å². The lowest BCUT2D eigenvalue weighted by molar-refractivity contribution is -0.113. The van der Waals surface area contributed by atoms with E-state index < -0.39 is 12.1 Å². The molecule has 1 aliphatic rings. The smallest absolute Gasteiger partial charge is 0.208 e. The molecule has 0 N–H and O–H groups in total. The minimum Gasteiger partial charge on any atom is -0.344 e. The van der Waals surface area contributed by atoms with E-state index >= 15 is 0 Å². The van der Waals surface area contributed by atoms with Gasteiger partial charge in [0, 0.05) is 12.5 Å². The molecule has 0 radical (unpaired) electrons. The van der Waals surface area contributed by atoms with Gasteiger partial charge in [-0.2, -0.15) is 0 Å². The van der Waals surface area contributed by atoms with Gasteiger partial charge in [-0.25, -0.2) is 4.39 Å². The van der Waals surface area contributed by atoms with Crippen LogP contribution in [0.1, 0.15) is 11.4 Å². The highest BCUT2D eigenvalue weighted by Gasteiger charge is 2.30. The Kier molecular flexibility index (Phi) is 2.95. The first-order chi connectivity index (χ1) is 7.20. The maximum atomic E-state index is 13.5. The Labute approximate surface area is 91.1 Å². The summed E-state index contributed by atoms with van der Waals surface area (Å²) >= 11 is 1.45. The summed E-state index contributed by atoms with van der Waals surface area (Å²) in [4.78, 5) is 12.4. The first-order valence-electron chi connectivity index (χ1n) is 4.85. The van der Waals surface area contributed by atoms with Crippen molar-refractivity contribution in [1.29, 1.82) is 0 Å². The number of hydrogen-bond acceptors (Lipinski definition) is 5. The molecular weight excluding hydrogens is 217 g/mol. The Bertz CT molecular complexity index is 357. The van der Waals surface area contributed by atoms with Gasteiger partial charge in [-0.15, -0.1) is 10.2 Å². The number of rotatable bonds is 2. The molecule has 1 aromatic rings. The van der Waals surface area contributed by atoms with Crippen LogP contribution in [0.3, 0.4) is 0 Å². The van der Waals surface area contributed by atoms with E-state index in [0.717, 1.165) is 10.1 Å². The van der Waals surface area contributed by atoms with Crippen molar-refractivity contribution in [1.82, 2.24) is 10.2 Å². The average Bonchev–Trinajstić information content (AvgIpc) is 2.65. The molecule has 1 aromatic heterocycles. The number of carbonyl (C=O) groups is 1. The Morgan fingerprint density at radius 2 is 2.40 bits per heavy atom. The summed E-state index contributed by atoms with van der Waals surface area (Å²) in [6, 6.07) is 0. The maximum Gasteiger partial charge on any atom is 0.208 e. The average molecular weight is 229 g/mol. The number of aldehydes is 1. The maximum absolute atomic E-state index is 13.5. The van der Waals surface area contributed by atoms with Gasteiger partial charge in [-0.3, -0.25) is 0 Å². The third-order valence-electron chi connectivity index (χ3n) is 2.55. The Morgan fingerprint density at radius 1 is 1.60 bits per heavy atom. The fourth-order valence-electron chi connectivity index (χ4n) is 1.66. The Morgan fingerprint density at radius 3 is 2.93 bits per heavy atom. The van der Waals surface area contributed by atoms with Crippen molar-refractivity contribution in [2.75, 3.05) is 18.0 Å². The van der Waals surface area contributed by atoms with Gasteiger partial charge >= 0.3 is 0 Å². The molecule has 0 spiro atoms. The highest BCUT2D eigenvalue weighted by molar-refractivity contribution is 7.15. The minimum atomic E-state index is -1.08. The van der Waals surface area contributed by atoms with Crippen LogP contribution in [-0.4, -0.2) is 35.7 Å². The quantitative estimate of drug-likeness (QED) is 0.715. The molecule has 0 saturated carbocycles. The number of aryl methyl sites for hydroxylation is 1. The second-order valence-electron chi connectivity index (χ2n) is 3.65. The fraction of sp³-hybridized carbons (Fsp3) is 0.667. The lowest BCUT2D eigenvalue weighted by atomic mass is 9.97. The molecule has 1 saturated heterocycles. The van der Waals surface area contributed by atoms with Crippen molar-refractivity contribution < 1.29 is 9.18 Å². The molecule has 1 aliphatic heterocycles. The van der Waals surface area contributed by atoms with E-state index in [0.29, 0.717) is 19.3 Å². The predicted octanol–water partition coefficient (Wildman–Crippen LogP) is 1.21. The molecule has 0 amide bonds. The summed E-state index contributed by atoms with van der Waals surface area (Å²) in [6.07, 6.45) is 0.192. The van der Waals surface area contributed by atoms with Crippen molar-refractivity contribution in [3.63, 3.8) is 0 Å². The molecular formula is C9H12FN3OS. The van der Waals surface area contributed by atoms with E-state index in [2.05, 4.69) is 10.2 Å². The van der Waals surface area contributed by atoms with Gasteiger partial charge in [0.25, 0.3) is 0 Å². The first-order valence-corrected chi connectivity index (χ1v) is 5.67. The van der Waals surface area contributed by atoms with Crippen LogP contribution in [0.5, 0.6) is 0 Å². The van der Waals surface area contributed by atoms with E-state index in [4.69, 9.17) is 0 Å². The normalized spacial score (nSPS) is 26.7. The molecule has 0 unspecified atom stereocenters. The summed E-state index contributed by atoms with van der Waals surface area (Å²) in [6.45, 7) is 2.79. The number of carbonyl (C=O) groups excluding carboxylic acids is 1. The largest absolute Gasteiger partial charge is 0.344 e. The number of anilines is 1. The number of nitrogens with zero attached hydrogens (tertiary/aromatic N) is 3. The molecule has 0 bridgehead atoms. The highest BCUT2D eigenvalue weighted by atomic mass is 32.1. The highest BCUT2D eigenvalue weighted by Crippen LogP contribution is 2.26. The van der Waals surface area contributed by atoms with Gasteiger partial charge in [-0.1, -0.05) is 11.3 Å².